The maximum absolute atomic E-state index is 13.8. The Morgan fingerprint density at radius 1 is 1.04 bits per heavy atom. The summed E-state index contributed by atoms with van der Waals surface area (Å²) in [6.45, 7) is 2.12. The fourth-order valence-corrected chi connectivity index (χ4v) is 2.95. The number of hydrogen-bond acceptors (Lipinski definition) is 3. The highest BCUT2D eigenvalue weighted by atomic mass is 35.5. The van der Waals surface area contributed by atoms with E-state index >= 15 is 0 Å². The molecule has 2 aromatic carbocycles. The number of rotatable bonds is 6. The van der Waals surface area contributed by atoms with Crippen molar-refractivity contribution in [2.24, 2.45) is 0 Å². The van der Waals surface area contributed by atoms with Crippen molar-refractivity contribution >= 4 is 34.8 Å². The summed E-state index contributed by atoms with van der Waals surface area (Å²) in [6.07, 6.45) is 3.11. The lowest BCUT2D eigenvalue weighted by atomic mass is 10.1. The number of nitrogens with zero attached hydrogens (tertiary/aromatic N) is 1. The number of carbonyl (C=O) groups excluding carboxylic acids is 2. The van der Waals surface area contributed by atoms with Gasteiger partial charge in [-0.15, -0.1) is 0 Å². The van der Waals surface area contributed by atoms with Gasteiger partial charge in [0.1, 0.15) is 16.5 Å². The molecule has 2 aromatic rings. The number of aryl methyl sites for hydroxylation is 1. The predicted octanol–water partition coefficient (Wildman–Crippen LogP) is 4.60. The molecule has 1 N–H and O–H groups in total. The molecule has 3 rings (SSSR count). The molecule has 0 saturated heterocycles. The summed E-state index contributed by atoms with van der Waals surface area (Å²) in [5, 5.41) is 2.38. The Morgan fingerprint density at radius 2 is 1.73 bits per heavy atom. The van der Waals surface area contributed by atoms with Crippen molar-refractivity contribution in [2.75, 3.05) is 10.2 Å². The molecule has 6 heteroatoms. The minimum atomic E-state index is -0.628. The number of amides is 2. The number of nitrogens with one attached hydrogen (secondary N) is 1. The van der Waals surface area contributed by atoms with Gasteiger partial charge in [-0.2, -0.15) is 0 Å². The summed E-state index contributed by atoms with van der Waals surface area (Å²) in [5.74, 6) is -1.77. The van der Waals surface area contributed by atoms with Gasteiger partial charge in [0.05, 0.1) is 11.4 Å². The first kappa shape index (κ1) is 18.1. The van der Waals surface area contributed by atoms with Crippen molar-refractivity contribution in [3.05, 3.63) is 70.6 Å². The van der Waals surface area contributed by atoms with E-state index in [1.54, 1.807) is 18.2 Å². The van der Waals surface area contributed by atoms with Gasteiger partial charge in [0, 0.05) is 0 Å². The van der Waals surface area contributed by atoms with Gasteiger partial charge < -0.3 is 5.32 Å². The van der Waals surface area contributed by atoms with Gasteiger partial charge in [-0.1, -0.05) is 49.2 Å². The first-order valence-corrected chi connectivity index (χ1v) is 8.79. The van der Waals surface area contributed by atoms with Crippen LogP contribution in [0.1, 0.15) is 25.3 Å². The zero-order chi connectivity index (χ0) is 18.7. The minimum Gasteiger partial charge on any atom is -0.347 e. The highest BCUT2D eigenvalue weighted by Gasteiger charge is 2.39. The third kappa shape index (κ3) is 3.48. The average Bonchev–Trinajstić information content (AvgIpc) is 2.86. The van der Waals surface area contributed by atoms with Crippen LogP contribution in [0.15, 0.2) is 59.3 Å². The molecule has 0 radical (unpaired) electrons. The van der Waals surface area contributed by atoms with Gasteiger partial charge in [0.2, 0.25) is 0 Å². The fraction of sp³-hybridized carbons (Fsp3) is 0.200. The van der Waals surface area contributed by atoms with E-state index in [1.807, 2.05) is 12.1 Å². The highest BCUT2D eigenvalue weighted by molar-refractivity contribution is 6.53. The molecule has 4 nitrogen and oxygen atoms in total. The van der Waals surface area contributed by atoms with E-state index < -0.39 is 17.6 Å². The third-order valence-corrected chi connectivity index (χ3v) is 4.53. The number of para-hydroxylation sites is 1. The summed E-state index contributed by atoms with van der Waals surface area (Å²) < 4.78 is 13.8. The quantitative estimate of drug-likeness (QED) is 0.753. The molecule has 0 aliphatic carbocycles. The fourth-order valence-electron chi connectivity index (χ4n) is 2.74. The number of carbonyl (C=O) groups is 2. The van der Waals surface area contributed by atoms with Crippen LogP contribution in [-0.4, -0.2) is 11.8 Å². The van der Waals surface area contributed by atoms with Gasteiger partial charge in [-0.25, -0.2) is 9.29 Å². The second-order valence-electron chi connectivity index (χ2n) is 6.01. The lowest BCUT2D eigenvalue weighted by molar-refractivity contribution is -0.120. The van der Waals surface area contributed by atoms with Crippen LogP contribution >= 0.6 is 11.6 Å². The summed E-state index contributed by atoms with van der Waals surface area (Å²) in [6, 6.07) is 13.1. The molecule has 2 amide bonds. The van der Waals surface area contributed by atoms with E-state index in [0.29, 0.717) is 5.69 Å². The Labute approximate surface area is 156 Å². The molecule has 0 spiro atoms. The van der Waals surface area contributed by atoms with Crippen molar-refractivity contribution in [1.29, 1.82) is 0 Å². The van der Waals surface area contributed by atoms with E-state index in [4.69, 9.17) is 11.6 Å². The van der Waals surface area contributed by atoms with Crippen LogP contribution in [0.5, 0.6) is 0 Å². The SMILES string of the molecule is CCCCc1ccc(N2C(=O)C(Cl)=C(Nc3ccccc3F)C2=O)cc1. The molecule has 0 atom stereocenters. The normalized spacial score (nSPS) is 14.3. The Balaban J connectivity index is 1.83. The van der Waals surface area contributed by atoms with Crippen LogP contribution in [-0.2, 0) is 16.0 Å². The number of hydrogen-bond donors (Lipinski definition) is 1. The molecule has 0 fully saturated rings. The zero-order valence-corrected chi connectivity index (χ0v) is 15.0. The van der Waals surface area contributed by atoms with Gasteiger partial charge in [0.15, 0.2) is 0 Å². The lowest BCUT2D eigenvalue weighted by Gasteiger charge is -2.15. The largest absolute Gasteiger partial charge is 0.347 e. The average molecular weight is 373 g/mol. The van der Waals surface area contributed by atoms with Gasteiger partial charge in [-0.3, -0.25) is 9.59 Å². The van der Waals surface area contributed by atoms with E-state index in [1.165, 1.54) is 18.2 Å². The summed E-state index contributed by atoms with van der Waals surface area (Å²) in [4.78, 5) is 26.1. The molecule has 0 saturated carbocycles. The molecule has 134 valence electrons. The molecular weight excluding hydrogens is 355 g/mol. The van der Waals surface area contributed by atoms with Gasteiger partial charge in [-0.05, 0) is 42.7 Å². The van der Waals surface area contributed by atoms with Crippen LogP contribution in [0.3, 0.4) is 0 Å². The standard InChI is InChI=1S/C20H18ClFN2O2/c1-2-3-6-13-9-11-14(12-10-13)24-19(25)17(21)18(20(24)26)23-16-8-5-4-7-15(16)22/h4-5,7-12,23H,2-3,6H2,1H3. The molecular formula is C20H18ClFN2O2. The second-order valence-corrected chi connectivity index (χ2v) is 6.39. The van der Waals surface area contributed by atoms with Gasteiger partial charge in [0.25, 0.3) is 11.8 Å². The second kappa shape index (κ2) is 7.70. The van der Waals surface area contributed by atoms with Crippen molar-refractivity contribution in [1.82, 2.24) is 0 Å². The molecule has 1 heterocycles. The zero-order valence-electron chi connectivity index (χ0n) is 14.3. The molecule has 1 aliphatic rings. The Bertz CT molecular complexity index is 878. The first-order chi connectivity index (χ1) is 12.5. The maximum Gasteiger partial charge on any atom is 0.283 e. The van der Waals surface area contributed by atoms with Crippen molar-refractivity contribution in [3.63, 3.8) is 0 Å². The topological polar surface area (TPSA) is 49.4 Å². The van der Waals surface area contributed by atoms with Crippen molar-refractivity contribution in [2.45, 2.75) is 26.2 Å². The molecule has 26 heavy (non-hydrogen) atoms. The number of halogens is 2. The van der Waals surface area contributed by atoms with E-state index in [0.717, 1.165) is 29.7 Å². The minimum absolute atomic E-state index is 0.0820. The third-order valence-electron chi connectivity index (χ3n) is 4.17. The predicted molar refractivity (Wildman–Crippen MR) is 100 cm³/mol. The number of benzene rings is 2. The van der Waals surface area contributed by atoms with Gasteiger partial charge >= 0.3 is 0 Å². The smallest absolute Gasteiger partial charge is 0.283 e. The van der Waals surface area contributed by atoms with Crippen LogP contribution in [0.2, 0.25) is 0 Å². The Morgan fingerprint density at radius 3 is 2.38 bits per heavy atom. The maximum atomic E-state index is 13.8. The Hall–Kier alpha value is -2.66. The summed E-state index contributed by atoms with van der Waals surface area (Å²) in [7, 11) is 0. The summed E-state index contributed by atoms with van der Waals surface area (Å²) in [5.41, 5.74) is 1.53. The van der Waals surface area contributed by atoms with E-state index in [9.17, 15) is 14.0 Å². The molecule has 0 unspecified atom stereocenters. The van der Waals surface area contributed by atoms with Crippen molar-refractivity contribution in [3.8, 4) is 0 Å². The number of imide groups is 1. The highest BCUT2D eigenvalue weighted by Crippen LogP contribution is 2.30. The van der Waals surface area contributed by atoms with Crippen LogP contribution in [0, 0.1) is 5.82 Å². The van der Waals surface area contributed by atoms with Crippen LogP contribution in [0.25, 0.3) is 0 Å². The van der Waals surface area contributed by atoms with E-state index in [2.05, 4.69) is 12.2 Å². The van der Waals surface area contributed by atoms with Crippen LogP contribution < -0.4 is 10.2 Å². The first-order valence-electron chi connectivity index (χ1n) is 8.42. The lowest BCUT2D eigenvalue weighted by Crippen LogP contribution is -2.32. The monoisotopic (exact) mass is 372 g/mol. The molecule has 1 aliphatic heterocycles. The van der Waals surface area contributed by atoms with E-state index in [-0.39, 0.29) is 16.4 Å². The van der Waals surface area contributed by atoms with Crippen LogP contribution in [0.4, 0.5) is 15.8 Å². The summed E-state index contributed by atoms with van der Waals surface area (Å²) >= 11 is 6.05. The molecule has 0 aromatic heterocycles. The number of anilines is 2. The number of unbranched alkanes of at least 4 members (excludes halogenated alkanes) is 1. The molecule has 0 bridgehead atoms. The Kier molecular flexibility index (Phi) is 5.38. The van der Waals surface area contributed by atoms with Crippen molar-refractivity contribution < 1.29 is 14.0 Å².